The van der Waals surface area contributed by atoms with Crippen LogP contribution in [0.3, 0.4) is 0 Å². The number of carbonyl (C=O) groups excluding carboxylic acids is 2. The lowest BCUT2D eigenvalue weighted by atomic mass is 10.1. The number of rotatable bonds is 6. The second-order valence-electron chi connectivity index (χ2n) is 6.14. The largest absolute Gasteiger partial charge is 0.361 e. The summed E-state index contributed by atoms with van der Waals surface area (Å²) in [6.07, 6.45) is 2.17. The summed E-state index contributed by atoms with van der Waals surface area (Å²) in [4.78, 5) is 29.6. The SMILES string of the molecule is CCN(CC)C(=O)c1ccc(NC(=O)Cc2c[nH]c3ccccc23)cc1. The van der Waals surface area contributed by atoms with Crippen LogP contribution < -0.4 is 5.32 Å². The van der Waals surface area contributed by atoms with Crippen LogP contribution in [0.15, 0.2) is 54.7 Å². The predicted octanol–water partition coefficient (Wildman–Crippen LogP) is 3.83. The van der Waals surface area contributed by atoms with Crippen molar-refractivity contribution >= 4 is 28.4 Å². The van der Waals surface area contributed by atoms with Crippen molar-refractivity contribution in [2.45, 2.75) is 20.3 Å². The van der Waals surface area contributed by atoms with Crippen LogP contribution in [0, 0.1) is 0 Å². The molecule has 2 N–H and O–H groups in total. The monoisotopic (exact) mass is 349 g/mol. The molecule has 0 aliphatic heterocycles. The van der Waals surface area contributed by atoms with Gasteiger partial charge >= 0.3 is 0 Å². The number of nitrogens with zero attached hydrogens (tertiary/aromatic N) is 1. The summed E-state index contributed by atoms with van der Waals surface area (Å²) >= 11 is 0. The Labute approximate surface area is 153 Å². The molecule has 5 heteroatoms. The van der Waals surface area contributed by atoms with Crippen molar-refractivity contribution in [3.05, 3.63) is 65.9 Å². The maximum Gasteiger partial charge on any atom is 0.253 e. The molecule has 0 fully saturated rings. The van der Waals surface area contributed by atoms with E-state index in [0.29, 0.717) is 30.8 Å². The van der Waals surface area contributed by atoms with Crippen LogP contribution in [0.25, 0.3) is 10.9 Å². The van der Waals surface area contributed by atoms with E-state index < -0.39 is 0 Å². The van der Waals surface area contributed by atoms with E-state index in [-0.39, 0.29) is 11.8 Å². The van der Waals surface area contributed by atoms with Gasteiger partial charge in [0.15, 0.2) is 0 Å². The number of aromatic amines is 1. The molecule has 3 aromatic rings. The van der Waals surface area contributed by atoms with Crippen LogP contribution in [-0.2, 0) is 11.2 Å². The van der Waals surface area contributed by atoms with Crippen molar-refractivity contribution in [3.8, 4) is 0 Å². The molecule has 0 saturated heterocycles. The van der Waals surface area contributed by atoms with Crippen LogP contribution in [0.5, 0.6) is 0 Å². The Hall–Kier alpha value is -3.08. The number of aromatic nitrogens is 1. The highest BCUT2D eigenvalue weighted by Gasteiger charge is 2.13. The van der Waals surface area contributed by atoms with E-state index in [9.17, 15) is 9.59 Å². The first-order valence-corrected chi connectivity index (χ1v) is 8.86. The van der Waals surface area contributed by atoms with E-state index in [0.717, 1.165) is 16.5 Å². The average molecular weight is 349 g/mol. The third-order valence-corrected chi connectivity index (χ3v) is 4.49. The molecule has 0 aliphatic carbocycles. The summed E-state index contributed by atoms with van der Waals surface area (Å²) < 4.78 is 0. The lowest BCUT2D eigenvalue weighted by Gasteiger charge is -2.18. The van der Waals surface area contributed by atoms with Gasteiger partial charge in [-0.05, 0) is 49.7 Å². The lowest BCUT2D eigenvalue weighted by molar-refractivity contribution is -0.115. The maximum atomic E-state index is 12.3. The third kappa shape index (κ3) is 3.77. The number of nitrogens with one attached hydrogen (secondary N) is 2. The topological polar surface area (TPSA) is 65.2 Å². The Morgan fingerprint density at radius 1 is 1.00 bits per heavy atom. The maximum absolute atomic E-state index is 12.3. The summed E-state index contributed by atoms with van der Waals surface area (Å²) in [6, 6.07) is 15.0. The molecule has 0 unspecified atom stereocenters. The second-order valence-corrected chi connectivity index (χ2v) is 6.14. The van der Waals surface area contributed by atoms with Crippen molar-refractivity contribution in [3.63, 3.8) is 0 Å². The van der Waals surface area contributed by atoms with E-state index >= 15 is 0 Å². The van der Waals surface area contributed by atoms with Crippen LogP contribution >= 0.6 is 0 Å². The van der Waals surface area contributed by atoms with Gasteiger partial charge in [0.25, 0.3) is 5.91 Å². The van der Waals surface area contributed by atoms with E-state index in [4.69, 9.17) is 0 Å². The second kappa shape index (κ2) is 7.87. The fourth-order valence-electron chi connectivity index (χ4n) is 3.05. The molecule has 3 rings (SSSR count). The molecule has 1 aromatic heterocycles. The van der Waals surface area contributed by atoms with Gasteiger partial charge in [0.05, 0.1) is 6.42 Å². The summed E-state index contributed by atoms with van der Waals surface area (Å²) in [5.41, 5.74) is 3.30. The predicted molar refractivity (Wildman–Crippen MR) is 104 cm³/mol. The molecule has 0 saturated carbocycles. The number of fused-ring (bicyclic) bond motifs is 1. The van der Waals surface area contributed by atoms with Gasteiger partial charge in [-0.1, -0.05) is 18.2 Å². The minimum atomic E-state index is -0.0856. The molecule has 0 spiro atoms. The molecule has 5 nitrogen and oxygen atoms in total. The van der Waals surface area contributed by atoms with Crippen LogP contribution in [0.1, 0.15) is 29.8 Å². The van der Waals surface area contributed by atoms with Crippen LogP contribution in [0.4, 0.5) is 5.69 Å². The van der Waals surface area contributed by atoms with Crippen LogP contribution in [-0.4, -0.2) is 34.8 Å². The molecule has 0 bridgehead atoms. The first-order valence-electron chi connectivity index (χ1n) is 8.86. The van der Waals surface area contributed by atoms with Gasteiger partial charge in [-0.25, -0.2) is 0 Å². The smallest absolute Gasteiger partial charge is 0.253 e. The number of benzene rings is 2. The molecule has 1 heterocycles. The minimum Gasteiger partial charge on any atom is -0.361 e. The normalized spacial score (nSPS) is 10.7. The molecule has 0 radical (unpaired) electrons. The highest BCUT2D eigenvalue weighted by atomic mass is 16.2. The zero-order chi connectivity index (χ0) is 18.5. The van der Waals surface area contributed by atoms with Crippen LogP contribution in [0.2, 0.25) is 0 Å². The van der Waals surface area contributed by atoms with Gasteiger partial charge in [0, 0.05) is 41.4 Å². The Kier molecular flexibility index (Phi) is 5.37. The molecule has 134 valence electrons. The number of para-hydroxylation sites is 1. The Bertz CT molecular complexity index is 908. The number of hydrogen-bond acceptors (Lipinski definition) is 2. The number of carbonyl (C=O) groups is 2. The lowest BCUT2D eigenvalue weighted by Crippen LogP contribution is -2.30. The Balaban J connectivity index is 1.65. The van der Waals surface area contributed by atoms with Crippen molar-refractivity contribution < 1.29 is 9.59 Å². The van der Waals surface area contributed by atoms with Crippen molar-refractivity contribution in [2.75, 3.05) is 18.4 Å². The highest BCUT2D eigenvalue weighted by molar-refractivity contribution is 5.97. The first-order chi connectivity index (χ1) is 12.6. The first kappa shape index (κ1) is 17.7. The van der Waals surface area contributed by atoms with Crippen molar-refractivity contribution in [1.82, 2.24) is 9.88 Å². The number of amides is 2. The van der Waals surface area contributed by atoms with Crippen molar-refractivity contribution in [1.29, 1.82) is 0 Å². The van der Waals surface area contributed by atoms with Gasteiger partial charge in [-0.3, -0.25) is 9.59 Å². The molecule has 2 amide bonds. The fourth-order valence-corrected chi connectivity index (χ4v) is 3.05. The Morgan fingerprint density at radius 2 is 1.69 bits per heavy atom. The van der Waals surface area contributed by atoms with Gasteiger partial charge in [-0.2, -0.15) is 0 Å². The van der Waals surface area contributed by atoms with E-state index in [2.05, 4.69) is 10.3 Å². The quantitative estimate of drug-likeness (QED) is 0.710. The Morgan fingerprint density at radius 3 is 2.38 bits per heavy atom. The molecular formula is C21H23N3O2. The number of H-pyrrole nitrogens is 1. The highest BCUT2D eigenvalue weighted by Crippen LogP contribution is 2.19. The fraction of sp³-hybridized carbons (Fsp3) is 0.238. The average Bonchev–Trinajstić information content (AvgIpc) is 3.06. The minimum absolute atomic E-state index is 0.00618. The zero-order valence-corrected chi connectivity index (χ0v) is 15.1. The van der Waals surface area contributed by atoms with Gasteiger partial charge < -0.3 is 15.2 Å². The summed E-state index contributed by atoms with van der Waals surface area (Å²) in [6.45, 7) is 5.28. The number of hydrogen-bond donors (Lipinski definition) is 2. The molecular weight excluding hydrogens is 326 g/mol. The van der Waals surface area contributed by atoms with Gasteiger partial charge in [-0.15, -0.1) is 0 Å². The van der Waals surface area contributed by atoms with Gasteiger partial charge in [0.2, 0.25) is 5.91 Å². The summed E-state index contributed by atoms with van der Waals surface area (Å²) in [5.74, 6) is -0.0794. The standard InChI is InChI=1S/C21H23N3O2/c1-3-24(4-2)21(26)15-9-11-17(12-10-15)23-20(25)13-16-14-22-19-8-6-5-7-18(16)19/h5-12,14,22H,3-4,13H2,1-2H3,(H,23,25). The van der Waals surface area contributed by atoms with E-state index in [1.54, 1.807) is 29.2 Å². The third-order valence-electron chi connectivity index (χ3n) is 4.49. The van der Waals surface area contributed by atoms with Crippen molar-refractivity contribution in [2.24, 2.45) is 0 Å². The summed E-state index contributed by atoms with van der Waals surface area (Å²) in [5, 5.41) is 3.95. The van der Waals surface area contributed by atoms with Gasteiger partial charge in [0.1, 0.15) is 0 Å². The molecule has 26 heavy (non-hydrogen) atoms. The van der Waals surface area contributed by atoms with E-state index in [1.165, 1.54) is 0 Å². The van der Waals surface area contributed by atoms with E-state index in [1.807, 2.05) is 44.3 Å². The molecule has 0 atom stereocenters. The zero-order valence-electron chi connectivity index (χ0n) is 15.1. The molecule has 0 aliphatic rings. The number of anilines is 1. The molecule has 2 aromatic carbocycles. The summed E-state index contributed by atoms with van der Waals surface area (Å²) in [7, 11) is 0.